The van der Waals surface area contributed by atoms with Crippen molar-refractivity contribution in [2.24, 2.45) is 9.98 Å². The van der Waals surface area contributed by atoms with Crippen molar-refractivity contribution in [3.63, 3.8) is 0 Å². The maximum atomic E-state index is 5.78. The molecule has 0 amide bonds. The molecule has 96 valence electrons. The number of rotatable bonds is 3. The van der Waals surface area contributed by atoms with Crippen LogP contribution in [-0.4, -0.2) is 17.7 Å². The summed E-state index contributed by atoms with van der Waals surface area (Å²) in [5.74, 6) is 0.527. The van der Waals surface area contributed by atoms with Gasteiger partial charge in [-0.2, -0.15) is 0 Å². The van der Waals surface area contributed by atoms with Crippen LogP contribution in [0, 0.1) is 0 Å². The van der Waals surface area contributed by atoms with Crippen molar-refractivity contribution in [2.75, 3.05) is 0 Å². The van der Waals surface area contributed by atoms with Gasteiger partial charge in [0.25, 0.3) is 0 Å². The van der Waals surface area contributed by atoms with Gasteiger partial charge < -0.3 is 4.74 Å². The number of hydrogen-bond donors (Lipinski definition) is 0. The molecule has 1 heterocycles. The van der Waals surface area contributed by atoms with Crippen LogP contribution in [0.5, 0.6) is 0 Å². The van der Waals surface area contributed by atoms with Gasteiger partial charge in [-0.1, -0.05) is 30.9 Å². The van der Waals surface area contributed by atoms with Crippen LogP contribution in [0.3, 0.4) is 0 Å². The smallest absolute Gasteiger partial charge is 0.240 e. The Morgan fingerprint density at radius 3 is 2.61 bits per heavy atom. The van der Waals surface area contributed by atoms with E-state index in [2.05, 4.69) is 16.6 Å². The molecular weight excluding hydrogens is 224 g/mol. The van der Waals surface area contributed by atoms with Gasteiger partial charge in [0.2, 0.25) is 5.90 Å². The highest BCUT2D eigenvalue weighted by atomic mass is 16.5. The fraction of sp³-hybridized carbons (Fsp3) is 0.333. The van der Waals surface area contributed by atoms with Crippen molar-refractivity contribution in [1.82, 2.24) is 0 Å². The highest BCUT2D eigenvalue weighted by Crippen LogP contribution is 2.19. The summed E-state index contributed by atoms with van der Waals surface area (Å²) in [6, 6.07) is 0. The first kappa shape index (κ1) is 14.2. The van der Waals surface area contributed by atoms with E-state index in [4.69, 9.17) is 4.74 Å². The van der Waals surface area contributed by atoms with E-state index in [9.17, 15) is 0 Å². The zero-order valence-corrected chi connectivity index (χ0v) is 11.5. The molecular formula is C15H20N2O. The fourth-order valence-corrected chi connectivity index (χ4v) is 1.73. The van der Waals surface area contributed by atoms with Crippen LogP contribution in [0.2, 0.25) is 0 Å². The normalized spacial score (nSPS) is 25.4. The number of nitrogens with zero attached hydrogens (tertiary/aromatic N) is 2. The highest BCUT2D eigenvalue weighted by molar-refractivity contribution is 6.12. The molecule has 1 atom stereocenters. The molecule has 18 heavy (non-hydrogen) atoms. The summed E-state index contributed by atoms with van der Waals surface area (Å²) < 4.78 is 5.78. The van der Waals surface area contributed by atoms with Gasteiger partial charge in [-0.15, -0.1) is 0 Å². The Bertz CT molecular complexity index is 465. The average Bonchev–Trinajstić information content (AvgIpc) is 2.37. The molecule has 1 unspecified atom stereocenters. The Morgan fingerprint density at radius 2 is 2.11 bits per heavy atom. The first-order valence-corrected chi connectivity index (χ1v) is 6.07. The molecule has 0 radical (unpaired) electrons. The zero-order valence-electron chi connectivity index (χ0n) is 11.5. The topological polar surface area (TPSA) is 34.0 Å². The van der Waals surface area contributed by atoms with E-state index in [0.717, 1.165) is 17.0 Å². The van der Waals surface area contributed by atoms with Gasteiger partial charge >= 0.3 is 0 Å². The Kier molecular flexibility index (Phi) is 5.31. The third kappa shape index (κ3) is 3.06. The second-order valence-electron chi connectivity index (χ2n) is 3.79. The second-order valence-corrected chi connectivity index (χ2v) is 3.79. The average molecular weight is 244 g/mol. The lowest BCUT2D eigenvalue weighted by Crippen LogP contribution is -2.31. The van der Waals surface area contributed by atoms with E-state index in [1.165, 1.54) is 6.20 Å². The molecule has 3 heteroatoms. The fourth-order valence-electron chi connectivity index (χ4n) is 1.73. The van der Waals surface area contributed by atoms with Gasteiger partial charge in [0.1, 0.15) is 11.8 Å². The predicted octanol–water partition coefficient (Wildman–Crippen LogP) is 3.81. The Balaban J connectivity index is 3.23. The number of aliphatic imine (C=N–C) groups is 2. The highest BCUT2D eigenvalue weighted by Gasteiger charge is 2.24. The van der Waals surface area contributed by atoms with E-state index in [1.807, 2.05) is 52.0 Å². The molecule has 0 bridgehead atoms. The largest absolute Gasteiger partial charge is 0.467 e. The minimum Gasteiger partial charge on any atom is -0.467 e. The van der Waals surface area contributed by atoms with Crippen molar-refractivity contribution in [3.05, 3.63) is 48.4 Å². The Morgan fingerprint density at radius 1 is 1.39 bits per heavy atom. The quantitative estimate of drug-likeness (QED) is 0.695. The summed E-state index contributed by atoms with van der Waals surface area (Å²) >= 11 is 0. The summed E-state index contributed by atoms with van der Waals surface area (Å²) in [5.41, 5.74) is 2.74. The van der Waals surface area contributed by atoms with Crippen molar-refractivity contribution in [3.8, 4) is 0 Å². The lowest BCUT2D eigenvalue weighted by atomic mass is 10.0. The molecule has 1 aliphatic rings. The molecule has 0 aliphatic carbocycles. The van der Waals surface area contributed by atoms with Crippen LogP contribution in [-0.2, 0) is 4.74 Å². The van der Waals surface area contributed by atoms with E-state index in [1.54, 1.807) is 0 Å². The lowest BCUT2D eigenvalue weighted by Gasteiger charge is -2.24. The van der Waals surface area contributed by atoms with E-state index in [0.29, 0.717) is 5.90 Å². The van der Waals surface area contributed by atoms with E-state index < -0.39 is 0 Å². The Hall–Kier alpha value is -1.90. The van der Waals surface area contributed by atoms with Crippen molar-refractivity contribution in [1.29, 1.82) is 0 Å². The first-order chi connectivity index (χ1) is 8.67. The molecule has 1 rings (SSSR count). The third-order valence-electron chi connectivity index (χ3n) is 2.57. The standard InChI is InChI=1S/C15H20N2O/c1-6-10-12(7-2)14-11(5)18-15(16-9-4)13(8-3)17-14/h6-11H,4H2,1-3,5H3/b10-6-,12-7+,13-8+,16-15+. The monoisotopic (exact) mass is 244 g/mol. The molecule has 0 saturated heterocycles. The lowest BCUT2D eigenvalue weighted by molar-refractivity contribution is 0.268. The molecule has 0 saturated carbocycles. The summed E-state index contributed by atoms with van der Waals surface area (Å²) in [6.07, 6.45) is 9.29. The van der Waals surface area contributed by atoms with Gasteiger partial charge in [0.15, 0.2) is 0 Å². The van der Waals surface area contributed by atoms with Crippen LogP contribution in [0.4, 0.5) is 0 Å². The first-order valence-electron chi connectivity index (χ1n) is 6.07. The van der Waals surface area contributed by atoms with Gasteiger partial charge in [-0.05, 0) is 33.3 Å². The molecule has 1 aliphatic heterocycles. The van der Waals surface area contributed by atoms with Crippen molar-refractivity contribution >= 4 is 11.6 Å². The van der Waals surface area contributed by atoms with Crippen LogP contribution in [0.15, 0.2) is 58.3 Å². The van der Waals surface area contributed by atoms with Gasteiger partial charge in [-0.25, -0.2) is 9.98 Å². The second kappa shape index (κ2) is 6.74. The molecule has 0 aromatic rings. The van der Waals surface area contributed by atoms with Gasteiger partial charge in [0.05, 0.1) is 5.71 Å². The Labute approximate surface area is 109 Å². The summed E-state index contributed by atoms with van der Waals surface area (Å²) in [6.45, 7) is 11.4. The molecule has 3 nitrogen and oxygen atoms in total. The number of ether oxygens (including phenoxy) is 1. The predicted molar refractivity (Wildman–Crippen MR) is 77.9 cm³/mol. The molecule has 0 aromatic heterocycles. The van der Waals surface area contributed by atoms with Gasteiger partial charge in [0, 0.05) is 6.20 Å². The number of allylic oxidation sites excluding steroid dienone is 4. The molecule has 0 fully saturated rings. The van der Waals surface area contributed by atoms with Crippen molar-refractivity contribution in [2.45, 2.75) is 33.8 Å². The van der Waals surface area contributed by atoms with E-state index in [-0.39, 0.29) is 6.10 Å². The number of hydrogen-bond acceptors (Lipinski definition) is 3. The van der Waals surface area contributed by atoms with Crippen LogP contribution >= 0.6 is 0 Å². The van der Waals surface area contributed by atoms with Crippen LogP contribution < -0.4 is 0 Å². The third-order valence-corrected chi connectivity index (χ3v) is 2.57. The molecule has 0 aromatic carbocycles. The van der Waals surface area contributed by atoms with Gasteiger partial charge in [-0.3, -0.25) is 0 Å². The van der Waals surface area contributed by atoms with Crippen molar-refractivity contribution < 1.29 is 4.74 Å². The molecule has 0 N–H and O–H groups in total. The zero-order chi connectivity index (χ0) is 13.5. The van der Waals surface area contributed by atoms with Crippen LogP contribution in [0.1, 0.15) is 27.7 Å². The van der Waals surface area contributed by atoms with E-state index >= 15 is 0 Å². The summed E-state index contributed by atoms with van der Waals surface area (Å²) in [7, 11) is 0. The minimum atomic E-state index is -0.116. The molecule has 0 spiro atoms. The maximum absolute atomic E-state index is 5.78. The summed E-state index contributed by atoms with van der Waals surface area (Å²) in [5, 5.41) is 0. The maximum Gasteiger partial charge on any atom is 0.240 e. The van der Waals surface area contributed by atoms with Crippen LogP contribution in [0.25, 0.3) is 0 Å². The minimum absolute atomic E-state index is 0.116. The SMILES string of the molecule is C=C/N=C1/OC(C)C(C(/C=C\C)=C/C)=N/C1=C/C. The summed E-state index contributed by atoms with van der Waals surface area (Å²) in [4.78, 5) is 8.72.